The van der Waals surface area contributed by atoms with Gasteiger partial charge < -0.3 is 15.4 Å². The highest BCUT2D eigenvalue weighted by Crippen LogP contribution is 2.33. The molecule has 0 spiro atoms. The summed E-state index contributed by atoms with van der Waals surface area (Å²) in [5, 5.41) is 5.19. The Bertz CT molecular complexity index is 778. The van der Waals surface area contributed by atoms with Crippen LogP contribution in [-0.2, 0) is 16.1 Å². The largest absolute Gasteiger partial charge is 0.466 e. The van der Waals surface area contributed by atoms with Gasteiger partial charge in [-0.2, -0.15) is 0 Å². The topological polar surface area (TPSA) is 67.4 Å². The van der Waals surface area contributed by atoms with Crippen molar-refractivity contribution in [1.29, 1.82) is 0 Å². The number of anilines is 1. The molecule has 118 valence electrons. The first-order chi connectivity index (χ1) is 11.0. The number of carbonyl (C=O) groups excluding carboxylic acids is 2. The van der Waals surface area contributed by atoms with Crippen LogP contribution in [0, 0.1) is 5.82 Å². The molecule has 0 aromatic heterocycles. The van der Waals surface area contributed by atoms with Gasteiger partial charge in [0.05, 0.1) is 5.69 Å². The Balaban J connectivity index is 1.76. The summed E-state index contributed by atoms with van der Waals surface area (Å²) >= 11 is 0. The van der Waals surface area contributed by atoms with Crippen LogP contribution in [0.4, 0.5) is 10.1 Å². The molecule has 1 unspecified atom stereocenters. The number of hydrogen-bond acceptors (Lipinski definition) is 3. The maximum Gasteiger partial charge on any atom is 0.278 e. The molecule has 0 saturated carbocycles. The van der Waals surface area contributed by atoms with Gasteiger partial charge in [-0.1, -0.05) is 30.3 Å². The molecular weight excluding hydrogens is 299 g/mol. The quantitative estimate of drug-likeness (QED) is 0.854. The van der Waals surface area contributed by atoms with Crippen molar-refractivity contribution in [3.63, 3.8) is 0 Å². The first kappa shape index (κ1) is 15.0. The molecule has 23 heavy (non-hydrogen) atoms. The third-order valence-corrected chi connectivity index (χ3v) is 3.71. The van der Waals surface area contributed by atoms with Gasteiger partial charge in [0.25, 0.3) is 17.4 Å². The molecule has 1 heterocycles. The normalized spacial score (nSPS) is 19.3. The van der Waals surface area contributed by atoms with Crippen LogP contribution < -0.4 is 15.4 Å². The number of para-hydroxylation sites is 2. The number of amides is 2. The van der Waals surface area contributed by atoms with Gasteiger partial charge in [-0.15, -0.1) is 0 Å². The number of fused-ring (bicyclic) bond motifs is 1. The molecule has 1 aliphatic rings. The van der Waals surface area contributed by atoms with Crippen LogP contribution in [0.5, 0.6) is 5.75 Å². The molecule has 3 rings (SSSR count). The van der Waals surface area contributed by atoms with Crippen LogP contribution in [0.25, 0.3) is 0 Å². The Morgan fingerprint density at radius 3 is 2.70 bits per heavy atom. The second-order valence-electron chi connectivity index (χ2n) is 5.36. The van der Waals surface area contributed by atoms with Gasteiger partial charge in [-0.25, -0.2) is 4.39 Å². The lowest BCUT2D eigenvalue weighted by atomic mass is 10.0. The van der Waals surface area contributed by atoms with Crippen molar-refractivity contribution in [1.82, 2.24) is 5.32 Å². The molecule has 2 aromatic carbocycles. The number of nitrogens with one attached hydrogen (secondary N) is 2. The molecule has 1 aliphatic heterocycles. The summed E-state index contributed by atoms with van der Waals surface area (Å²) in [7, 11) is 0. The van der Waals surface area contributed by atoms with E-state index in [0.29, 0.717) is 17.0 Å². The van der Waals surface area contributed by atoms with E-state index >= 15 is 0 Å². The number of hydrogen-bond donors (Lipinski definition) is 2. The van der Waals surface area contributed by atoms with Crippen LogP contribution >= 0.6 is 0 Å². The average Bonchev–Trinajstić information content (AvgIpc) is 2.55. The fourth-order valence-corrected chi connectivity index (χ4v) is 2.30. The minimum atomic E-state index is -1.71. The van der Waals surface area contributed by atoms with Crippen LogP contribution in [0.3, 0.4) is 0 Å². The molecule has 1 atom stereocenters. The third kappa shape index (κ3) is 2.75. The highest BCUT2D eigenvalue weighted by atomic mass is 19.1. The molecule has 2 amide bonds. The maximum absolute atomic E-state index is 13.6. The fraction of sp³-hybridized carbons (Fsp3) is 0.176. The van der Waals surface area contributed by atoms with Crippen molar-refractivity contribution in [2.24, 2.45) is 0 Å². The highest BCUT2D eigenvalue weighted by molar-refractivity contribution is 6.15. The minimum Gasteiger partial charge on any atom is -0.466 e. The maximum atomic E-state index is 13.6. The molecule has 0 bridgehead atoms. The van der Waals surface area contributed by atoms with Crippen molar-refractivity contribution < 1.29 is 18.7 Å². The van der Waals surface area contributed by atoms with E-state index in [0.717, 1.165) is 0 Å². The number of ether oxygens (including phenoxy) is 1. The van der Waals surface area contributed by atoms with Crippen molar-refractivity contribution in [3.8, 4) is 5.75 Å². The van der Waals surface area contributed by atoms with Gasteiger partial charge in [-0.05, 0) is 25.1 Å². The third-order valence-electron chi connectivity index (χ3n) is 3.71. The van der Waals surface area contributed by atoms with Crippen LogP contribution in [0.2, 0.25) is 0 Å². The van der Waals surface area contributed by atoms with Crippen LogP contribution in [-0.4, -0.2) is 17.4 Å². The van der Waals surface area contributed by atoms with E-state index in [2.05, 4.69) is 10.6 Å². The van der Waals surface area contributed by atoms with Gasteiger partial charge >= 0.3 is 0 Å². The van der Waals surface area contributed by atoms with Crippen LogP contribution in [0.1, 0.15) is 12.5 Å². The fourth-order valence-electron chi connectivity index (χ4n) is 2.30. The van der Waals surface area contributed by atoms with Gasteiger partial charge in [-0.3, -0.25) is 9.59 Å². The van der Waals surface area contributed by atoms with E-state index in [4.69, 9.17) is 4.74 Å². The molecule has 2 aromatic rings. The molecule has 0 radical (unpaired) electrons. The molecule has 0 saturated heterocycles. The lowest BCUT2D eigenvalue weighted by molar-refractivity contribution is -0.146. The summed E-state index contributed by atoms with van der Waals surface area (Å²) in [5.41, 5.74) is -0.863. The van der Waals surface area contributed by atoms with E-state index in [-0.39, 0.29) is 6.54 Å². The monoisotopic (exact) mass is 314 g/mol. The highest BCUT2D eigenvalue weighted by Gasteiger charge is 2.47. The van der Waals surface area contributed by atoms with Crippen LogP contribution in [0.15, 0.2) is 48.5 Å². The van der Waals surface area contributed by atoms with E-state index in [1.165, 1.54) is 13.0 Å². The van der Waals surface area contributed by atoms with E-state index in [1.807, 2.05) is 0 Å². The summed E-state index contributed by atoms with van der Waals surface area (Å²) in [4.78, 5) is 24.6. The first-order valence-electron chi connectivity index (χ1n) is 7.12. The Hall–Kier alpha value is -2.89. The number of carbonyl (C=O) groups is 2. The summed E-state index contributed by atoms with van der Waals surface area (Å²) in [6.07, 6.45) is 0. The standard InChI is InChI=1S/C17H15FN2O3/c1-17(15(21)19-10-11-6-2-3-7-12(11)18)16(22)20-13-8-4-5-9-14(13)23-17/h2-9H,10H2,1H3,(H,19,21)(H,20,22). The lowest BCUT2D eigenvalue weighted by Gasteiger charge is -2.33. The Kier molecular flexibility index (Phi) is 3.73. The Morgan fingerprint density at radius 1 is 1.22 bits per heavy atom. The Labute approximate surface area is 132 Å². The minimum absolute atomic E-state index is 0.0284. The SMILES string of the molecule is CC1(C(=O)NCc2ccccc2F)Oc2ccccc2NC1=O. The second kappa shape index (κ2) is 5.72. The molecule has 5 nitrogen and oxygen atoms in total. The Morgan fingerprint density at radius 2 is 1.91 bits per heavy atom. The molecule has 0 fully saturated rings. The van der Waals surface area contributed by atoms with Crippen molar-refractivity contribution >= 4 is 17.5 Å². The summed E-state index contributed by atoms with van der Waals surface area (Å²) in [5.74, 6) is -1.21. The average molecular weight is 314 g/mol. The van der Waals surface area contributed by atoms with E-state index < -0.39 is 23.2 Å². The van der Waals surface area contributed by atoms with Gasteiger partial charge in [0.2, 0.25) is 0 Å². The number of rotatable bonds is 3. The zero-order chi connectivity index (χ0) is 16.4. The predicted octanol–water partition coefficient (Wildman–Crippen LogP) is 2.23. The summed E-state index contributed by atoms with van der Waals surface area (Å²) < 4.78 is 19.2. The van der Waals surface area contributed by atoms with E-state index in [9.17, 15) is 14.0 Å². The zero-order valence-corrected chi connectivity index (χ0v) is 12.4. The summed E-state index contributed by atoms with van der Waals surface area (Å²) in [6.45, 7) is 1.36. The number of halogens is 1. The predicted molar refractivity (Wildman–Crippen MR) is 82.4 cm³/mol. The zero-order valence-electron chi connectivity index (χ0n) is 12.4. The molecular formula is C17H15FN2O3. The van der Waals surface area contributed by atoms with E-state index in [1.54, 1.807) is 42.5 Å². The molecule has 0 aliphatic carbocycles. The number of benzene rings is 2. The van der Waals surface area contributed by atoms with Gasteiger partial charge in [0.15, 0.2) is 0 Å². The first-order valence-corrected chi connectivity index (χ1v) is 7.12. The second-order valence-corrected chi connectivity index (χ2v) is 5.36. The van der Waals surface area contributed by atoms with Crippen molar-refractivity contribution in [2.45, 2.75) is 19.1 Å². The molecule has 6 heteroatoms. The lowest BCUT2D eigenvalue weighted by Crippen LogP contribution is -2.58. The smallest absolute Gasteiger partial charge is 0.278 e. The molecule has 2 N–H and O–H groups in total. The van der Waals surface area contributed by atoms with Crippen molar-refractivity contribution in [3.05, 3.63) is 59.9 Å². The summed E-state index contributed by atoms with van der Waals surface area (Å²) in [6, 6.07) is 13.0. The van der Waals surface area contributed by atoms with Gasteiger partial charge in [0.1, 0.15) is 11.6 Å². The van der Waals surface area contributed by atoms with Crippen molar-refractivity contribution in [2.75, 3.05) is 5.32 Å². The van der Waals surface area contributed by atoms with Gasteiger partial charge in [0, 0.05) is 12.1 Å².